The highest BCUT2D eigenvalue weighted by atomic mass is 32.2. The molecule has 1 N–H and O–H groups in total. The molecule has 0 radical (unpaired) electrons. The first-order valence-corrected chi connectivity index (χ1v) is 10.1. The minimum Gasteiger partial charge on any atom is -0.342 e. The van der Waals surface area contributed by atoms with Gasteiger partial charge in [0.15, 0.2) is 0 Å². The zero-order valence-corrected chi connectivity index (χ0v) is 15.3. The highest BCUT2D eigenvalue weighted by Gasteiger charge is 2.33. The summed E-state index contributed by atoms with van der Waals surface area (Å²) in [5.41, 5.74) is 2.97. The minimum atomic E-state index is -3.85. The Bertz CT molecular complexity index is 1060. The number of aryl methyl sites for hydroxylation is 1. The Labute approximate surface area is 151 Å². The van der Waals surface area contributed by atoms with E-state index in [0.29, 0.717) is 19.5 Å². The molecule has 0 bridgehead atoms. The molecule has 0 amide bonds. The molecule has 2 aromatic carbocycles. The van der Waals surface area contributed by atoms with Gasteiger partial charge in [0.05, 0.1) is 11.0 Å². The van der Waals surface area contributed by atoms with Crippen LogP contribution in [0.5, 0.6) is 0 Å². The van der Waals surface area contributed by atoms with Crippen LogP contribution in [0, 0.1) is 12.7 Å². The third-order valence-electron chi connectivity index (χ3n) is 4.88. The van der Waals surface area contributed by atoms with Crippen LogP contribution in [0.2, 0.25) is 0 Å². The minimum absolute atomic E-state index is 0.0296. The summed E-state index contributed by atoms with van der Waals surface area (Å²) in [6.07, 6.45) is 1.57. The van der Waals surface area contributed by atoms with Crippen LogP contribution in [0.1, 0.15) is 30.1 Å². The Balaban J connectivity index is 1.63. The van der Waals surface area contributed by atoms with Crippen molar-refractivity contribution in [2.24, 2.45) is 0 Å². The summed E-state index contributed by atoms with van der Waals surface area (Å²) in [7, 11) is -3.85. The van der Waals surface area contributed by atoms with Crippen LogP contribution in [-0.4, -0.2) is 35.8 Å². The van der Waals surface area contributed by atoms with E-state index < -0.39 is 15.8 Å². The van der Waals surface area contributed by atoms with Crippen LogP contribution in [0.25, 0.3) is 11.0 Å². The average Bonchev–Trinajstić information content (AvgIpc) is 3.05. The van der Waals surface area contributed by atoms with Gasteiger partial charge in [0.2, 0.25) is 10.0 Å². The number of benzene rings is 2. The van der Waals surface area contributed by atoms with Gasteiger partial charge in [-0.1, -0.05) is 18.2 Å². The second kappa shape index (κ2) is 6.48. The third-order valence-corrected chi connectivity index (χ3v) is 6.78. The molecule has 26 heavy (non-hydrogen) atoms. The first-order valence-electron chi connectivity index (χ1n) is 8.66. The van der Waals surface area contributed by atoms with E-state index >= 15 is 0 Å². The SMILES string of the molecule is Cc1ccc2nc([C@@H]3CCCN(S(=O)(=O)c4ccccc4F)C3)[nH]c2c1. The lowest BCUT2D eigenvalue weighted by atomic mass is 9.99. The summed E-state index contributed by atoms with van der Waals surface area (Å²) < 4.78 is 41.1. The molecule has 2 heterocycles. The number of rotatable bonds is 3. The fraction of sp³-hybridized carbons (Fsp3) is 0.316. The number of piperidine rings is 1. The zero-order valence-electron chi connectivity index (χ0n) is 14.4. The normalized spacial score (nSPS) is 19.1. The van der Waals surface area contributed by atoms with Gasteiger partial charge in [-0.3, -0.25) is 0 Å². The number of hydrogen-bond donors (Lipinski definition) is 1. The summed E-state index contributed by atoms with van der Waals surface area (Å²) in [6, 6.07) is 11.5. The Hall–Kier alpha value is -2.25. The van der Waals surface area contributed by atoms with E-state index in [0.717, 1.165) is 28.8 Å². The molecule has 0 unspecified atom stereocenters. The highest BCUT2D eigenvalue weighted by molar-refractivity contribution is 7.89. The Morgan fingerprint density at radius 2 is 2.04 bits per heavy atom. The smallest absolute Gasteiger partial charge is 0.246 e. The molecular weight excluding hydrogens is 353 g/mol. The number of H-pyrrole nitrogens is 1. The molecule has 1 atom stereocenters. The van der Waals surface area contributed by atoms with Gasteiger partial charge in [-0.2, -0.15) is 4.31 Å². The van der Waals surface area contributed by atoms with Crippen molar-refractivity contribution in [3.8, 4) is 0 Å². The largest absolute Gasteiger partial charge is 0.342 e. The number of imidazole rings is 1. The van der Waals surface area contributed by atoms with Crippen LogP contribution < -0.4 is 0 Å². The number of fused-ring (bicyclic) bond motifs is 1. The maximum atomic E-state index is 14.0. The summed E-state index contributed by atoms with van der Waals surface area (Å²) in [5, 5.41) is 0. The van der Waals surface area contributed by atoms with Gasteiger partial charge in [0.1, 0.15) is 16.5 Å². The first-order chi connectivity index (χ1) is 12.4. The predicted molar refractivity (Wildman–Crippen MR) is 98.0 cm³/mol. The van der Waals surface area contributed by atoms with E-state index in [4.69, 9.17) is 0 Å². The third kappa shape index (κ3) is 3.01. The van der Waals surface area contributed by atoms with Crippen molar-refractivity contribution in [1.82, 2.24) is 14.3 Å². The molecule has 1 fully saturated rings. The molecule has 5 nitrogen and oxygen atoms in total. The van der Waals surface area contributed by atoms with Crippen molar-refractivity contribution in [3.63, 3.8) is 0 Å². The van der Waals surface area contributed by atoms with Crippen LogP contribution in [-0.2, 0) is 10.0 Å². The molecule has 4 rings (SSSR count). The van der Waals surface area contributed by atoms with Gasteiger partial charge in [-0.15, -0.1) is 0 Å². The molecule has 0 aliphatic carbocycles. The van der Waals surface area contributed by atoms with Crippen molar-refractivity contribution in [2.75, 3.05) is 13.1 Å². The summed E-state index contributed by atoms with van der Waals surface area (Å²) in [5.74, 6) is 0.0471. The number of hydrogen-bond acceptors (Lipinski definition) is 3. The van der Waals surface area contributed by atoms with Gasteiger partial charge in [0, 0.05) is 19.0 Å². The number of aromatic nitrogens is 2. The van der Waals surface area contributed by atoms with Crippen LogP contribution in [0.4, 0.5) is 4.39 Å². The lowest BCUT2D eigenvalue weighted by Crippen LogP contribution is -2.39. The van der Waals surface area contributed by atoms with Gasteiger partial charge >= 0.3 is 0 Å². The van der Waals surface area contributed by atoms with E-state index in [1.807, 2.05) is 25.1 Å². The molecule has 0 spiro atoms. The van der Waals surface area contributed by atoms with Crippen LogP contribution in [0.15, 0.2) is 47.4 Å². The molecular formula is C19H20FN3O2S. The second-order valence-electron chi connectivity index (χ2n) is 6.78. The van der Waals surface area contributed by atoms with E-state index in [1.165, 1.54) is 22.5 Å². The van der Waals surface area contributed by atoms with Gasteiger partial charge in [-0.05, 0) is 49.6 Å². The van der Waals surface area contributed by atoms with Gasteiger partial charge < -0.3 is 4.98 Å². The van der Waals surface area contributed by atoms with E-state index in [9.17, 15) is 12.8 Å². The number of aromatic amines is 1. The lowest BCUT2D eigenvalue weighted by Gasteiger charge is -2.31. The average molecular weight is 373 g/mol. The Morgan fingerprint density at radius 3 is 2.85 bits per heavy atom. The number of nitrogens with one attached hydrogen (secondary N) is 1. The van der Waals surface area contributed by atoms with Crippen LogP contribution in [0.3, 0.4) is 0 Å². The Kier molecular flexibility index (Phi) is 4.28. The molecule has 1 aliphatic heterocycles. The van der Waals surface area contributed by atoms with Crippen molar-refractivity contribution in [1.29, 1.82) is 0 Å². The molecule has 1 saturated heterocycles. The van der Waals surface area contributed by atoms with Crippen molar-refractivity contribution in [2.45, 2.75) is 30.6 Å². The Morgan fingerprint density at radius 1 is 1.23 bits per heavy atom. The number of sulfonamides is 1. The molecule has 3 aromatic rings. The van der Waals surface area contributed by atoms with Gasteiger partial charge in [0.25, 0.3) is 0 Å². The maximum Gasteiger partial charge on any atom is 0.246 e. The fourth-order valence-corrected chi connectivity index (χ4v) is 5.10. The van der Waals surface area contributed by atoms with Crippen molar-refractivity contribution < 1.29 is 12.8 Å². The second-order valence-corrected chi connectivity index (χ2v) is 8.68. The highest BCUT2D eigenvalue weighted by Crippen LogP contribution is 2.30. The van der Waals surface area contributed by atoms with Crippen LogP contribution >= 0.6 is 0 Å². The quantitative estimate of drug-likeness (QED) is 0.763. The molecule has 1 aliphatic rings. The molecule has 7 heteroatoms. The summed E-state index contributed by atoms with van der Waals surface area (Å²) in [4.78, 5) is 7.69. The number of nitrogens with zero attached hydrogens (tertiary/aromatic N) is 2. The first kappa shape index (κ1) is 17.2. The van der Waals surface area contributed by atoms with E-state index in [-0.39, 0.29) is 10.8 Å². The number of halogens is 1. The fourth-order valence-electron chi connectivity index (χ4n) is 3.51. The maximum absolute atomic E-state index is 14.0. The van der Waals surface area contributed by atoms with E-state index in [1.54, 1.807) is 6.07 Å². The topological polar surface area (TPSA) is 66.1 Å². The molecule has 136 valence electrons. The van der Waals surface area contributed by atoms with E-state index in [2.05, 4.69) is 9.97 Å². The summed E-state index contributed by atoms with van der Waals surface area (Å²) in [6.45, 7) is 2.71. The summed E-state index contributed by atoms with van der Waals surface area (Å²) >= 11 is 0. The van der Waals surface area contributed by atoms with Crippen molar-refractivity contribution >= 4 is 21.1 Å². The standard InChI is InChI=1S/C19H20FN3O2S/c1-13-8-9-16-17(11-13)22-19(21-16)14-5-4-10-23(12-14)26(24,25)18-7-3-2-6-15(18)20/h2-3,6-9,11,14H,4-5,10,12H2,1H3,(H,21,22)/t14-/m1/s1. The van der Waals surface area contributed by atoms with Crippen molar-refractivity contribution in [3.05, 3.63) is 59.7 Å². The molecule has 1 aromatic heterocycles. The zero-order chi connectivity index (χ0) is 18.3. The predicted octanol–water partition coefficient (Wildman–Crippen LogP) is 3.58. The lowest BCUT2D eigenvalue weighted by molar-refractivity contribution is 0.309. The molecule has 0 saturated carbocycles. The van der Waals surface area contributed by atoms with Gasteiger partial charge in [-0.25, -0.2) is 17.8 Å². The monoisotopic (exact) mass is 373 g/mol.